The van der Waals surface area contributed by atoms with Crippen LogP contribution in [0.3, 0.4) is 0 Å². The molecule has 0 aromatic carbocycles. The summed E-state index contributed by atoms with van der Waals surface area (Å²) in [6, 6.07) is 0. The number of carbonyl (C=O) groups is 1. The lowest BCUT2D eigenvalue weighted by Crippen LogP contribution is -2.18. The molecule has 0 rings (SSSR count). The van der Waals surface area contributed by atoms with Crippen molar-refractivity contribution in [3.05, 3.63) is 0 Å². The number of hydrogen-bond acceptors (Lipinski definition) is 4. The minimum Gasteiger partial charge on any atom is -0.396 e. The Bertz CT molecular complexity index is 133. The highest BCUT2D eigenvalue weighted by molar-refractivity contribution is 5.79. The molecule has 0 heterocycles. The predicted octanol–water partition coefficient (Wildman–Crippen LogP) is -0.540. The molecule has 0 radical (unpaired) electrons. The molecule has 4 nitrogen and oxygen atoms in total. The van der Waals surface area contributed by atoms with Crippen LogP contribution in [0.5, 0.6) is 0 Å². The van der Waals surface area contributed by atoms with E-state index in [9.17, 15) is 4.79 Å². The van der Waals surface area contributed by atoms with Crippen LogP contribution in [0.1, 0.15) is 26.2 Å². The van der Waals surface area contributed by atoms with Gasteiger partial charge < -0.3 is 15.3 Å². The van der Waals surface area contributed by atoms with Gasteiger partial charge in [-0.3, -0.25) is 4.79 Å². The molecule has 0 amide bonds. The predicted molar refractivity (Wildman–Crippen MR) is 43.6 cm³/mol. The summed E-state index contributed by atoms with van der Waals surface area (Å²) in [5, 5.41) is 26.3. The van der Waals surface area contributed by atoms with Crippen LogP contribution in [0.15, 0.2) is 0 Å². The summed E-state index contributed by atoms with van der Waals surface area (Å²) in [5.74, 6) is -0.175. The van der Waals surface area contributed by atoms with E-state index in [1.165, 1.54) is 6.92 Å². The third-order valence-electron chi connectivity index (χ3n) is 1.45. The zero-order chi connectivity index (χ0) is 9.56. The normalized spacial score (nSPS) is 15.7. The Kier molecular flexibility index (Phi) is 5.88. The summed E-state index contributed by atoms with van der Waals surface area (Å²) >= 11 is 0. The van der Waals surface area contributed by atoms with Gasteiger partial charge in [-0.1, -0.05) is 0 Å². The molecular formula is C8H16O4. The second-order valence-electron chi connectivity index (χ2n) is 2.96. The fourth-order valence-corrected chi connectivity index (χ4v) is 0.927. The van der Waals surface area contributed by atoms with Crippen LogP contribution >= 0.6 is 0 Å². The maximum absolute atomic E-state index is 10.9. The van der Waals surface area contributed by atoms with E-state index in [1.54, 1.807) is 0 Å². The number of Topliss-reactive ketones (excluding diaryl/α,β-unsaturated/α-hetero) is 1. The third-order valence-corrected chi connectivity index (χ3v) is 1.45. The van der Waals surface area contributed by atoms with Gasteiger partial charge in [-0.05, 0) is 13.3 Å². The number of carbonyl (C=O) groups excluding carboxylic acids is 1. The Morgan fingerprint density at radius 3 is 2.33 bits per heavy atom. The average Bonchev–Trinajstić information content (AvgIpc) is 1.84. The van der Waals surface area contributed by atoms with Gasteiger partial charge in [-0.15, -0.1) is 0 Å². The van der Waals surface area contributed by atoms with Gasteiger partial charge in [0.25, 0.3) is 0 Å². The molecule has 0 saturated heterocycles. The van der Waals surface area contributed by atoms with Crippen LogP contribution < -0.4 is 0 Å². The largest absolute Gasteiger partial charge is 0.396 e. The van der Waals surface area contributed by atoms with Gasteiger partial charge in [-0.2, -0.15) is 0 Å². The smallest absolute Gasteiger partial charge is 0.138 e. The van der Waals surface area contributed by atoms with Gasteiger partial charge in [0.2, 0.25) is 0 Å². The molecular weight excluding hydrogens is 160 g/mol. The monoisotopic (exact) mass is 176 g/mol. The minimum atomic E-state index is -0.777. The molecule has 0 aliphatic carbocycles. The lowest BCUT2D eigenvalue weighted by Gasteiger charge is -2.08. The molecule has 4 heteroatoms. The molecule has 0 spiro atoms. The highest BCUT2D eigenvalue weighted by Gasteiger charge is 2.11. The molecule has 72 valence electrons. The second kappa shape index (κ2) is 6.11. The molecule has 3 N–H and O–H groups in total. The maximum atomic E-state index is 10.9. The van der Waals surface area contributed by atoms with Gasteiger partial charge in [-0.25, -0.2) is 0 Å². The van der Waals surface area contributed by atoms with E-state index in [4.69, 9.17) is 15.3 Å². The van der Waals surface area contributed by atoms with Crippen LogP contribution in [-0.2, 0) is 4.79 Å². The van der Waals surface area contributed by atoms with Crippen molar-refractivity contribution in [2.75, 3.05) is 6.61 Å². The first-order valence-electron chi connectivity index (χ1n) is 4.05. The van der Waals surface area contributed by atoms with E-state index in [-0.39, 0.29) is 31.7 Å². The molecule has 2 unspecified atom stereocenters. The Morgan fingerprint density at radius 1 is 1.33 bits per heavy atom. The fourth-order valence-electron chi connectivity index (χ4n) is 0.927. The Morgan fingerprint density at radius 2 is 1.92 bits per heavy atom. The summed E-state index contributed by atoms with van der Waals surface area (Å²) in [6.45, 7) is 1.40. The zero-order valence-electron chi connectivity index (χ0n) is 7.23. The molecule has 2 atom stereocenters. The van der Waals surface area contributed by atoms with Crippen molar-refractivity contribution in [1.82, 2.24) is 0 Å². The zero-order valence-corrected chi connectivity index (χ0v) is 7.23. The van der Waals surface area contributed by atoms with Crippen molar-refractivity contribution in [2.45, 2.75) is 38.4 Å². The van der Waals surface area contributed by atoms with Crippen LogP contribution in [0.2, 0.25) is 0 Å². The SMILES string of the molecule is CC(O)CC(=O)CC(O)CCO. The molecule has 0 bridgehead atoms. The Hall–Kier alpha value is -0.450. The number of rotatable bonds is 6. The summed E-state index contributed by atoms with van der Waals surface area (Å²) in [4.78, 5) is 10.9. The molecule has 0 fully saturated rings. The number of ketones is 1. The van der Waals surface area contributed by atoms with Crippen molar-refractivity contribution >= 4 is 5.78 Å². The summed E-state index contributed by atoms with van der Waals surface area (Å²) in [6.07, 6.45) is -1.13. The van der Waals surface area contributed by atoms with Crippen molar-refractivity contribution in [3.63, 3.8) is 0 Å². The van der Waals surface area contributed by atoms with Crippen molar-refractivity contribution in [2.24, 2.45) is 0 Å². The first-order valence-corrected chi connectivity index (χ1v) is 4.05. The summed E-state index contributed by atoms with van der Waals surface area (Å²) in [7, 11) is 0. The van der Waals surface area contributed by atoms with Crippen molar-refractivity contribution < 1.29 is 20.1 Å². The van der Waals surface area contributed by atoms with Crippen molar-refractivity contribution in [1.29, 1.82) is 0 Å². The number of hydrogen-bond donors (Lipinski definition) is 3. The average molecular weight is 176 g/mol. The third kappa shape index (κ3) is 6.27. The molecule has 0 saturated carbocycles. The van der Waals surface area contributed by atoms with E-state index in [0.717, 1.165) is 0 Å². The van der Waals surface area contributed by atoms with E-state index in [2.05, 4.69) is 0 Å². The molecule has 0 aromatic rings. The van der Waals surface area contributed by atoms with Crippen LogP contribution in [0.25, 0.3) is 0 Å². The van der Waals surface area contributed by atoms with Crippen LogP contribution in [-0.4, -0.2) is 39.9 Å². The van der Waals surface area contributed by atoms with E-state index < -0.39 is 12.2 Å². The van der Waals surface area contributed by atoms with E-state index in [1.807, 2.05) is 0 Å². The van der Waals surface area contributed by atoms with Gasteiger partial charge >= 0.3 is 0 Å². The molecule has 0 aliphatic heterocycles. The first-order chi connectivity index (χ1) is 5.56. The molecule has 0 aliphatic rings. The van der Waals surface area contributed by atoms with Gasteiger partial charge in [0.1, 0.15) is 5.78 Å². The van der Waals surface area contributed by atoms with E-state index >= 15 is 0 Å². The molecule has 0 aromatic heterocycles. The van der Waals surface area contributed by atoms with E-state index in [0.29, 0.717) is 0 Å². The lowest BCUT2D eigenvalue weighted by molar-refractivity contribution is -0.122. The summed E-state index contributed by atoms with van der Waals surface area (Å²) < 4.78 is 0. The van der Waals surface area contributed by atoms with Gasteiger partial charge in [0.05, 0.1) is 12.2 Å². The second-order valence-corrected chi connectivity index (χ2v) is 2.96. The molecule has 12 heavy (non-hydrogen) atoms. The fraction of sp³-hybridized carbons (Fsp3) is 0.875. The highest BCUT2D eigenvalue weighted by Crippen LogP contribution is 2.02. The van der Waals surface area contributed by atoms with Crippen LogP contribution in [0, 0.1) is 0 Å². The Balaban J connectivity index is 3.54. The van der Waals surface area contributed by atoms with Gasteiger partial charge in [0, 0.05) is 19.4 Å². The first kappa shape index (κ1) is 11.6. The maximum Gasteiger partial charge on any atom is 0.138 e. The minimum absolute atomic E-state index is 0.0193. The highest BCUT2D eigenvalue weighted by atomic mass is 16.3. The van der Waals surface area contributed by atoms with Crippen LogP contribution in [0.4, 0.5) is 0 Å². The number of aliphatic hydroxyl groups is 3. The quantitative estimate of drug-likeness (QED) is 0.508. The van der Waals surface area contributed by atoms with Gasteiger partial charge in [0.15, 0.2) is 0 Å². The topological polar surface area (TPSA) is 77.8 Å². The number of aliphatic hydroxyl groups excluding tert-OH is 3. The Labute approximate surface area is 71.8 Å². The van der Waals surface area contributed by atoms with Crippen molar-refractivity contribution in [3.8, 4) is 0 Å². The summed E-state index contributed by atoms with van der Waals surface area (Å²) in [5.41, 5.74) is 0. The lowest BCUT2D eigenvalue weighted by atomic mass is 10.1. The standard InChI is InChI=1S/C8H16O4/c1-6(10)4-8(12)5-7(11)2-3-9/h6-7,9-11H,2-5H2,1H3.